The van der Waals surface area contributed by atoms with Crippen LogP contribution in [0.15, 0.2) is 200 Å². The molecule has 1 aliphatic heterocycles. The maximum Gasteiger partial charge on any atom is 0.183 e. The number of hydrogen-bond donors (Lipinski definition) is 0. The molecule has 0 N–H and O–H groups in total. The van der Waals surface area contributed by atoms with E-state index in [4.69, 9.17) is 4.74 Å². The molecule has 0 spiro atoms. The smallest absolute Gasteiger partial charge is 0.183 e. The Hall–Kier alpha value is -6.16. The molecule has 10 rings (SSSR count). The molecule has 0 fully saturated rings. The topological polar surface area (TPSA) is 14.2 Å². The molecule has 1 aromatic heterocycles. The molecule has 0 amide bonds. The van der Waals surface area contributed by atoms with Gasteiger partial charge in [0.15, 0.2) is 8.07 Å². The van der Waals surface area contributed by atoms with Crippen molar-refractivity contribution in [2.45, 2.75) is 12.0 Å². The summed E-state index contributed by atoms with van der Waals surface area (Å²) in [5.74, 6) is 1.27. The van der Waals surface area contributed by atoms with Crippen molar-refractivity contribution in [3.63, 3.8) is 0 Å². The molecule has 0 saturated heterocycles. The first-order valence-corrected chi connectivity index (χ1v) is 19.8. The fraction of sp³-hybridized carbons (Fsp3) is 0.0417. The van der Waals surface area contributed by atoms with Crippen molar-refractivity contribution in [1.29, 1.82) is 0 Å². The summed E-state index contributed by atoms with van der Waals surface area (Å²) in [6, 6.07) is 64.9. The third kappa shape index (κ3) is 4.62. The maximum absolute atomic E-state index is 6.95. The normalized spacial score (nSPS) is 16.2. The number of ether oxygens (including phenoxy) is 1. The minimum absolute atomic E-state index is 0.0143. The summed E-state index contributed by atoms with van der Waals surface area (Å²) in [6.07, 6.45) is 8.78. The Balaban J connectivity index is 1.22. The zero-order chi connectivity index (χ0) is 33.8. The van der Waals surface area contributed by atoms with E-state index < -0.39 is 8.07 Å². The van der Waals surface area contributed by atoms with Gasteiger partial charge in [-0.25, -0.2) is 0 Å². The molecule has 0 bridgehead atoms. The Kier molecular flexibility index (Phi) is 7.00. The van der Waals surface area contributed by atoms with Crippen molar-refractivity contribution in [3.8, 4) is 22.6 Å². The van der Waals surface area contributed by atoms with Crippen molar-refractivity contribution in [1.82, 2.24) is 4.57 Å². The van der Waals surface area contributed by atoms with Crippen LogP contribution in [0.1, 0.15) is 11.5 Å². The van der Waals surface area contributed by atoms with Crippen molar-refractivity contribution in [2.24, 2.45) is 0 Å². The van der Waals surface area contributed by atoms with E-state index in [-0.39, 0.29) is 12.0 Å². The Morgan fingerprint density at radius 1 is 0.471 bits per heavy atom. The van der Waals surface area contributed by atoms with E-state index in [9.17, 15) is 0 Å². The average Bonchev–Trinajstić information content (AvgIpc) is 3.76. The Morgan fingerprint density at radius 2 is 1.10 bits per heavy atom. The molecule has 51 heavy (non-hydrogen) atoms. The number of benzene rings is 7. The van der Waals surface area contributed by atoms with Gasteiger partial charge in [-0.2, -0.15) is 0 Å². The second kappa shape index (κ2) is 12.0. The van der Waals surface area contributed by atoms with Crippen LogP contribution in [0.3, 0.4) is 0 Å². The number of aromatic nitrogens is 1. The van der Waals surface area contributed by atoms with Crippen molar-refractivity contribution >= 4 is 50.6 Å². The molecule has 7 aromatic carbocycles. The lowest BCUT2D eigenvalue weighted by Crippen LogP contribution is -2.75. The van der Waals surface area contributed by atoms with E-state index in [0.717, 1.165) is 5.75 Å². The fourth-order valence-electron chi connectivity index (χ4n) is 8.64. The molecule has 2 atom stereocenters. The second-order valence-corrected chi connectivity index (χ2v) is 17.4. The standard InChI is InChI=1S/C48H35NOSi/c1-4-17-36(18-5-1)49-44-27-12-10-24-40(44)43-33-35(30-31-45(43)49)34-16-14-23-39(32-34)51(37-19-6-2-7-20-37,38-21-8-3-9-22-38)47-29-15-26-42-41-25-11-13-28-46(41)50-48(42)47/h1-33,41,46H. The Bertz CT molecular complexity index is 2580. The van der Waals surface area contributed by atoms with Crippen LogP contribution in [0.2, 0.25) is 0 Å². The maximum atomic E-state index is 6.95. The van der Waals surface area contributed by atoms with Crippen molar-refractivity contribution in [3.05, 3.63) is 206 Å². The molecule has 2 heterocycles. The van der Waals surface area contributed by atoms with Gasteiger partial charge in [0.05, 0.1) is 11.0 Å². The predicted octanol–water partition coefficient (Wildman–Crippen LogP) is 8.80. The summed E-state index contributed by atoms with van der Waals surface area (Å²) < 4.78 is 9.33. The molecule has 2 nitrogen and oxygen atoms in total. The second-order valence-electron chi connectivity index (χ2n) is 13.6. The monoisotopic (exact) mass is 669 g/mol. The summed E-state index contributed by atoms with van der Waals surface area (Å²) in [5, 5.41) is 7.83. The van der Waals surface area contributed by atoms with Gasteiger partial charge in [-0.15, -0.1) is 0 Å². The quantitative estimate of drug-likeness (QED) is 0.128. The van der Waals surface area contributed by atoms with Crippen LogP contribution in [0.25, 0.3) is 38.6 Å². The Labute approximate surface area is 299 Å². The first-order valence-electron chi connectivity index (χ1n) is 17.8. The number of para-hydroxylation sites is 3. The summed E-state index contributed by atoms with van der Waals surface area (Å²) in [7, 11) is -2.90. The highest BCUT2D eigenvalue weighted by Gasteiger charge is 2.46. The third-order valence-electron chi connectivity index (χ3n) is 10.9. The SMILES string of the molecule is C1=CC2Oc3c(cccc3[Si](c3ccccc3)(c3ccccc3)c3cccc(-c4ccc5c(c4)c4ccccc4n5-c4ccccc4)c3)C2C=C1. The fourth-order valence-corrected chi connectivity index (χ4v) is 13.6. The lowest BCUT2D eigenvalue weighted by molar-refractivity contribution is 0.270. The van der Waals surface area contributed by atoms with Crippen LogP contribution >= 0.6 is 0 Å². The molecule has 1 aliphatic carbocycles. The number of fused-ring (bicyclic) bond motifs is 6. The van der Waals surface area contributed by atoms with Crippen LogP contribution in [-0.2, 0) is 0 Å². The molecule has 2 aliphatic rings. The highest BCUT2D eigenvalue weighted by molar-refractivity contribution is 7.20. The van der Waals surface area contributed by atoms with E-state index in [2.05, 4.69) is 205 Å². The van der Waals surface area contributed by atoms with E-state index in [0.29, 0.717) is 0 Å². The van der Waals surface area contributed by atoms with Gasteiger partial charge in [-0.1, -0.05) is 164 Å². The van der Waals surface area contributed by atoms with Crippen LogP contribution in [-0.4, -0.2) is 18.7 Å². The summed E-state index contributed by atoms with van der Waals surface area (Å²) >= 11 is 0. The highest BCUT2D eigenvalue weighted by atomic mass is 28.3. The van der Waals surface area contributed by atoms with Crippen LogP contribution in [0, 0.1) is 0 Å². The summed E-state index contributed by atoms with van der Waals surface area (Å²) in [4.78, 5) is 0. The van der Waals surface area contributed by atoms with Gasteiger partial charge < -0.3 is 9.30 Å². The van der Waals surface area contributed by atoms with Crippen LogP contribution < -0.4 is 25.5 Å². The number of hydrogen-bond acceptors (Lipinski definition) is 1. The molecule has 0 radical (unpaired) electrons. The molecule has 8 aromatic rings. The highest BCUT2D eigenvalue weighted by Crippen LogP contribution is 2.41. The number of nitrogens with zero attached hydrogens (tertiary/aromatic N) is 1. The van der Waals surface area contributed by atoms with Crippen LogP contribution in [0.5, 0.6) is 5.75 Å². The predicted molar refractivity (Wildman–Crippen MR) is 215 cm³/mol. The molecule has 0 saturated carbocycles. The van der Waals surface area contributed by atoms with Crippen molar-refractivity contribution in [2.75, 3.05) is 0 Å². The molecule has 2 unspecified atom stereocenters. The molecular formula is C48H35NOSi. The third-order valence-corrected chi connectivity index (χ3v) is 15.7. The molecule has 242 valence electrons. The van der Waals surface area contributed by atoms with Crippen molar-refractivity contribution < 1.29 is 4.74 Å². The average molecular weight is 670 g/mol. The van der Waals surface area contributed by atoms with Gasteiger partial charge in [0, 0.05) is 27.9 Å². The zero-order valence-electron chi connectivity index (χ0n) is 28.1. The number of rotatable bonds is 6. The van der Waals surface area contributed by atoms with Gasteiger partial charge in [0.2, 0.25) is 0 Å². The first kappa shape index (κ1) is 29.7. The lowest BCUT2D eigenvalue weighted by Gasteiger charge is -2.35. The summed E-state index contributed by atoms with van der Waals surface area (Å²) in [5.41, 5.74) is 7.29. The van der Waals surface area contributed by atoms with Crippen LogP contribution in [0.4, 0.5) is 0 Å². The van der Waals surface area contributed by atoms with Gasteiger partial charge in [0.25, 0.3) is 0 Å². The van der Waals surface area contributed by atoms with Gasteiger partial charge in [-0.3, -0.25) is 0 Å². The zero-order valence-corrected chi connectivity index (χ0v) is 29.1. The van der Waals surface area contributed by atoms with Gasteiger partial charge in [0.1, 0.15) is 11.9 Å². The minimum atomic E-state index is -2.90. The van der Waals surface area contributed by atoms with E-state index >= 15 is 0 Å². The largest absolute Gasteiger partial charge is 0.485 e. The molecule has 3 heteroatoms. The summed E-state index contributed by atoms with van der Waals surface area (Å²) in [6.45, 7) is 0. The Morgan fingerprint density at radius 3 is 1.88 bits per heavy atom. The lowest BCUT2D eigenvalue weighted by atomic mass is 9.92. The molecular weight excluding hydrogens is 635 g/mol. The minimum Gasteiger partial charge on any atom is -0.485 e. The van der Waals surface area contributed by atoms with E-state index in [1.807, 2.05) is 0 Å². The van der Waals surface area contributed by atoms with Gasteiger partial charge >= 0.3 is 0 Å². The number of allylic oxidation sites excluding steroid dienone is 2. The first-order chi connectivity index (χ1) is 25.3. The van der Waals surface area contributed by atoms with E-state index in [1.54, 1.807) is 0 Å². The van der Waals surface area contributed by atoms with Gasteiger partial charge in [-0.05, 0) is 68.3 Å². The van der Waals surface area contributed by atoms with E-state index in [1.165, 1.54) is 64.9 Å².